The minimum absolute atomic E-state index is 0.158. The molecule has 18 atom stereocenters. The molecule has 5 N–H and O–H groups in total. The van der Waals surface area contributed by atoms with E-state index in [1.165, 1.54) is 15.9 Å². The molecule has 77 heavy (non-hydrogen) atoms. The summed E-state index contributed by atoms with van der Waals surface area (Å²) in [4.78, 5) is 19.0. The topological polar surface area (TPSA) is 171 Å². The van der Waals surface area contributed by atoms with Crippen LogP contribution < -0.4 is 15.9 Å². The molecule has 3 aromatic carbocycles. The lowest BCUT2D eigenvalue weighted by molar-refractivity contribution is -0.302. The van der Waals surface area contributed by atoms with E-state index in [0.717, 1.165) is 44.7 Å². The molecule has 1 unspecified atom stereocenters. The molecule has 3 aliphatic heterocycles. The van der Waals surface area contributed by atoms with Gasteiger partial charge >= 0.3 is 5.97 Å². The third-order valence-corrected chi connectivity index (χ3v) is 22.7. The second-order valence-electron chi connectivity index (χ2n) is 24.5. The smallest absolute Gasteiger partial charge is 0.309 e. The van der Waals surface area contributed by atoms with Crippen molar-refractivity contribution in [2.75, 3.05) is 40.5 Å². The van der Waals surface area contributed by atoms with Crippen molar-refractivity contribution >= 4 is 29.1 Å². The fourth-order valence-electron chi connectivity index (χ4n) is 13.7. The van der Waals surface area contributed by atoms with Crippen LogP contribution in [0.3, 0.4) is 0 Å². The molecule has 3 aromatic rings. The second-order valence-corrected chi connectivity index (χ2v) is 28.1. The summed E-state index contributed by atoms with van der Waals surface area (Å²) in [5.41, 5.74) is -4.42. The molecule has 6 rings (SSSR count). The number of hydrogen-bond acceptors (Lipinski definition) is 13. The largest absolute Gasteiger partial charge is 0.459 e. The molecule has 3 saturated heterocycles. The van der Waals surface area contributed by atoms with Gasteiger partial charge in [-0.25, -0.2) is 0 Å². The zero-order chi connectivity index (χ0) is 56.5. The Morgan fingerprint density at radius 2 is 1.27 bits per heavy atom. The molecule has 0 bridgehead atoms. The number of aliphatic hydroxyl groups excluding tert-OH is 3. The summed E-state index contributed by atoms with van der Waals surface area (Å²) in [6.07, 6.45) is 0.487. The summed E-state index contributed by atoms with van der Waals surface area (Å²) in [6, 6.07) is 32.3. The van der Waals surface area contributed by atoms with Crippen LogP contribution in [0.25, 0.3) is 0 Å². The number of likely N-dealkylation sites (N-methyl/N-ethyl adjacent to an activating group) is 1. The Kier molecular flexibility index (Phi) is 22.8. The molecular weight excluding hydrogens is 992 g/mol. The van der Waals surface area contributed by atoms with Crippen LogP contribution in [0.15, 0.2) is 91.0 Å². The molecule has 3 heterocycles. The fourth-order valence-corrected chi connectivity index (χ4v) is 18.1. The van der Waals surface area contributed by atoms with E-state index in [2.05, 4.69) is 103 Å². The molecule has 432 valence electrons. The number of ether oxygens (including phenoxy) is 5. The average molecular weight is 1090 g/mol. The van der Waals surface area contributed by atoms with Gasteiger partial charge in [-0.1, -0.05) is 102 Å². The molecule has 14 heteroatoms. The van der Waals surface area contributed by atoms with Crippen LogP contribution in [0, 0.1) is 23.7 Å². The van der Waals surface area contributed by atoms with Crippen molar-refractivity contribution < 1.29 is 54.0 Å². The molecule has 0 aromatic heterocycles. The first-order valence-electron chi connectivity index (χ1n) is 29.1. The van der Waals surface area contributed by atoms with Crippen LogP contribution in [-0.2, 0) is 28.5 Å². The first-order chi connectivity index (χ1) is 36.4. The van der Waals surface area contributed by atoms with E-state index in [1.807, 2.05) is 53.6 Å². The van der Waals surface area contributed by atoms with Crippen molar-refractivity contribution in [3.63, 3.8) is 0 Å². The lowest BCUT2D eigenvalue weighted by atomic mass is 9.68. The summed E-state index contributed by atoms with van der Waals surface area (Å²) in [6.45, 7) is 19.6. The Morgan fingerprint density at radius 1 is 0.740 bits per heavy atom. The maximum absolute atomic E-state index is 14.8. The van der Waals surface area contributed by atoms with Crippen LogP contribution in [0.1, 0.15) is 133 Å². The van der Waals surface area contributed by atoms with Gasteiger partial charge in [-0.05, 0) is 149 Å². The number of nitrogens with zero attached hydrogens (tertiary/aromatic N) is 2. The standard InChI is InChI=1S/C63H100N2O11P/c1-14-53-63(10,71)56(67)46(6)65(36-28-17-15-16-18-29-37-77(48-30-22-19-23-31-48,49-32-24-20-25-33-49)50-34-26-21-27-35-50)41-42(2)39-61(8,70)58(76-60-55(66)51(64(11)12)38-43(3)73-60)44(4)54(45(5)59(69)75-53)52-40-62(9,72-13)57(68)47(7)74-52/h19-27,30-35,42-47,51-58,60,66-68,70-71H,14-18,28-29,36-41H2,1-13H3/q+1/t42-,43-,44+,45-,46-,47+,51+,52?,53-,54+,55-,56-,57+,58-,60+,61-,62-,63-/m1/s1. The average Bonchev–Trinajstić information content (AvgIpc) is 3.44. The van der Waals surface area contributed by atoms with E-state index in [9.17, 15) is 30.3 Å². The second kappa shape index (κ2) is 27.7. The number of carbonyl (C=O) groups excluding carboxylic acids is 1. The third-order valence-electron chi connectivity index (χ3n) is 18.2. The zero-order valence-corrected chi connectivity index (χ0v) is 49.9. The molecule has 0 aliphatic carbocycles. The number of aliphatic hydroxyl groups is 5. The summed E-state index contributed by atoms with van der Waals surface area (Å²) in [5, 5.41) is 65.3. The van der Waals surface area contributed by atoms with E-state index < -0.39 is 103 Å². The SMILES string of the molecule is CC[C@H]1OC(=O)[C@H](C)[C@@H](C2C[C@@](C)(OC)[C@@H](O)[C@H](C)O2)[C@H](C)[C@@H](O[C@@H]2O[C@H](C)C[C@H](N(C)C)[C@H]2O)[C@](C)(O)C[C@@H](C)CN(CCCCCCCC[P+](c2ccccc2)(c2ccccc2)c2ccccc2)[C@H](C)[C@@H](O)[C@]1(C)O. The Morgan fingerprint density at radius 3 is 1.79 bits per heavy atom. The quantitative estimate of drug-likeness (QED) is 0.0474. The van der Waals surface area contributed by atoms with Gasteiger partial charge < -0.3 is 54.1 Å². The van der Waals surface area contributed by atoms with Gasteiger partial charge in [-0.15, -0.1) is 0 Å². The monoisotopic (exact) mass is 1090 g/mol. The van der Waals surface area contributed by atoms with E-state index in [4.69, 9.17) is 23.7 Å². The van der Waals surface area contributed by atoms with Gasteiger partial charge in [0, 0.05) is 38.1 Å². The Labute approximate surface area is 463 Å². The van der Waals surface area contributed by atoms with Gasteiger partial charge in [0.2, 0.25) is 0 Å². The van der Waals surface area contributed by atoms with E-state index in [-0.39, 0.29) is 37.3 Å². The van der Waals surface area contributed by atoms with Crippen molar-refractivity contribution in [3.8, 4) is 0 Å². The Hall–Kier alpha value is -2.88. The molecule has 0 saturated carbocycles. The van der Waals surface area contributed by atoms with Crippen molar-refractivity contribution in [1.29, 1.82) is 0 Å². The highest BCUT2D eigenvalue weighted by Gasteiger charge is 2.55. The van der Waals surface area contributed by atoms with E-state index in [1.54, 1.807) is 34.8 Å². The highest BCUT2D eigenvalue weighted by Crippen LogP contribution is 2.56. The number of esters is 1. The van der Waals surface area contributed by atoms with Gasteiger partial charge in [-0.2, -0.15) is 0 Å². The van der Waals surface area contributed by atoms with Gasteiger partial charge in [-0.3, -0.25) is 9.69 Å². The molecule has 3 fully saturated rings. The number of benzene rings is 3. The number of hydrogen-bond donors (Lipinski definition) is 5. The van der Waals surface area contributed by atoms with Gasteiger partial charge in [0.25, 0.3) is 0 Å². The minimum atomic E-state index is -1.90. The van der Waals surface area contributed by atoms with Crippen molar-refractivity contribution in [2.24, 2.45) is 23.7 Å². The van der Waals surface area contributed by atoms with Crippen LogP contribution in [0.5, 0.6) is 0 Å². The predicted octanol–water partition coefficient (Wildman–Crippen LogP) is 7.88. The minimum Gasteiger partial charge on any atom is -0.459 e. The predicted molar refractivity (Wildman–Crippen MR) is 309 cm³/mol. The van der Waals surface area contributed by atoms with Crippen LogP contribution in [0.2, 0.25) is 0 Å². The maximum atomic E-state index is 14.8. The normalized spacial score (nSPS) is 37.4. The first-order valence-corrected chi connectivity index (χ1v) is 31.1. The summed E-state index contributed by atoms with van der Waals surface area (Å²) in [7, 11) is 3.49. The van der Waals surface area contributed by atoms with Gasteiger partial charge in [0.05, 0.1) is 47.7 Å². The molecule has 13 nitrogen and oxygen atoms in total. The summed E-state index contributed by atoms with van der Waals surface area (Å²) in [5.74, 6) is -2.99. The van der Waals surface area contributed by atoms with Crippen LogP contribution in [-0.4, -0.2) is 166 Å². The summed E-state index contributed by atoms with van der Waals surface area (Å²) >= 11 is 0. The van der Waals surface area contributed by atoms with Crippen molar-refractivity contribution in [2.45, 2.75) is 217 Å². The Bertz CT molecular complexity index is 2130. The van der Waals surface area contributed by atoms with E-state index >= 15 is 0 Å². The number of methoxy groups -OCH3 is 1. The number of cyclic esters (lactones) is 1. The highest BCUT2D eigenvalue weighted by atomic mass is 31.2. The first kappa shape index (κ1) is 63.3. The highest BCUT2D eigenvalue weighted by molar-refractivity contribution is 7.95. The maximum Gasteiger partial charge on any atom is 0.309 e. The number of unbranched alkanes of at least 4 members (excludes halogenated alkanes) is 5. The van der Waals surface area contributed by atoms with E-state index in [0.29, 0.717) is 19.5 Å². The lowest BCUT2D eigenvalue weighted by Gasteiger charge is -2.51. The molecule has 3 aliphatic rings. The molecule has 0 spiro atoms. The summed E-state index contributed by atoms with van der Waals surface area (Å²) < 4.78 is 32.4. The lowest BCUT2D eigenvalue weighted by Crippen LogP contribution is -2.61. The number of carbonyl (C=O) groups is 1. The molecule has 0 amide bonds. The van der Waals surface area contributed by atoms with Crippen molar-refractivity contribution in [3.05, 3.63) is 91.0 Å². The van der Waals surface area contributed by atoms with Gasteiger partial charge in [0.15, 0.2) is 6.29 Å². The Balaban J connectivity index is 1.25. The molecular formula is C63H100N2O11P+. The van der Waals surface area contributed by atoms with Crippen molar-refractivity contribution in [1.82, 2.24) is 9.80 Å². The van der Waals surface area contributed by atoms with Gasteiger partial charge in [0.1, 0.15) is 53.2 Å². The van der Waals surface area contributed by atoms with Crippen LogP contribution in [0.4, 0.5) is 0 Å². The zero-order valence-electron chi connectivity index (χ0n) is 49.0. The number of rotatable bonds is 18. The van der Waals surface area contributed by atoms with Crippen LogP contribution >= 0.6 is 7.26 Å². The molecule has 0 radical (unpaired) electrons. The fraction of sp³-hybridized carbons (Fsp3) is 0.698. The third kappa shape index (κ3) is 14.8.